The molecule has 3 rings (SSSR count). The van der Waals surface area contributed by atoms with Gasteiger partial charge in [-0.05, 0) is 50.3 Å². The molecule has 124 valence electrons. The van der Waals surface area contributed by atoms with Gasteiger partial charge in [-0.1, -0.05) is 6.07 Å². The largest absolute Gasteiger partial charge is 0.246 e. The first-order chi connectivity index (χ1) is 11.0. The molecule has 1 aromatic heterocycles. The summed E-state index contributed by atoms with van der Waals surface area (Å²) in [6, 6.07) is 3.95. The number of nitrogens with one attached hydrogen (secondary N) is 1. The Hall–Kier alpha value is -1.31. The van der Waals surface area contributed by atoms with E-state index in [4.69, 9.17) is 0 Å². The topological polar surface area (TPSA) is 59.1 Å². The van der Waals surface area contributed by atoms with Crippen molar-refractivity contribution in [1.29, 1.82) is 0 Å². The van der Waals surface area contributed by atoms with Gasteiger partial charge in [0.05, 0.1) is 15.6 Å². The number of rotatable bonds is 5. The van der Waals surface area contributed by atoms with Gasteiger partial charge in [-0.2, -0.15) is 0 Å². The SMILES string of the molecule is Cc1ccc(S(=O)(=O)NCCc2nc3c(s2)CCCC3)cc1F. The quantitative estimate of drug-likeness (QED) is 0.898. The van der Waals surface area contributed by atoms with E-state index in [9.17, 15) is 12.8 Å². The van der Waals surface area contributed by atoms with Crippen LogP contribution in [0.3, 0.4) is 0 Å². The molecule has 0 unspecified atom stereocenters. The molecule has 0 aliphatic heterocycles. The van der Waals surface area contributed by atoms with Gasteiger partial charge in [-0.25, -0.2) is 22.5 Å². The average Bonchev–Trinajstić information content (AvgIpc) is 2.92. The van der Waals surface area contributed by atoms with Crippen molar-refractivity contribution in [2.24, 2.45) is 0 Å². The number of hydrogen-bond donors (Lipinski definition) is 1. The molecule has 2 aromatic rings. The van der Waals surface area contributed by atoms with Gasteiger partial charge in [0.1, 0.15) is 5.82 Å². The number of fused-ring (bicyclic) bond motifs is 1. The van der Waals surface area contributed by atoms with Crippen molar-refractivity contribution in [2.45, 2.75) is 43.9 Å². The Balaban J connectivity index is 1.63. The highest BCUT2D eigenvalue weighted by atomic mass is 32.2. The van der Waals surface area contributed by atoms with Crippen molar-refractivity contribution in [3.63, 3.8) is 0 Å². The summed E-state index contributed by atoms with van der Waals surface area (Å²) in [5.41, 5.74) is 1.61. The maximum Gasteiger partial charge on any atom is 0.240 e. The van der Waals surface area contributed by atoms with Crippen molar-refractivity contribution in [3.8, 4) is 0 Å². The van der Waals surface area contributed by atoms with E-state index in [-0.39, 0.29) is 11.4 Å². The van der Waals surface area contributed by atoms with E-state index in [1.54, 1.807) is 18.3 Å². The van der Waals surface area contributed by atoms with E-state index in [1.807, 2.05) is 0 Å². The molecule has 0 spiro atoms. The number of halogens is 1. The first-order valence-electron chi connectivity index (χ1n) is 7.69. The molecule has 0 saturated carbocycles. The molecular formula is C16H19FN2O2S2. The molecule has 0 amide bonds. The molecule has 0 radical (unpaired) electrons. The second kappa shape index (κ2) is 6.67. The summed E-state index contributed by atoms with van der Waals surface area (Å²) >= 11 is 1.68. The van der Waals surface area contributed by atoms with Crippen LogP contribution < -0.4 is 4.72 Å². The maximum absolute atomic E-state index is 13.5. The van der Waals surface area contributed by atoms with Gasteiger partial charge in [0.15, 0.2) is 0 Å². The number of nitrogens with zero attached hydrogens (tertiary/aromatic N) is 1. The molecule has 1 N–H and O–H groups in total. The third-order valence-electron chi connectivity index (χ3n) is 3.97. The van der Waals surface area contributed by atoms with E-state index in [0.29, 0.717) is 12.0 Å². The average molecular weight is 354 g/mol. The molecule has 4 nitrogen and oxygen atoms in total. The Morgan fingerprint density at radius 1 is 1.30 bits per heavy atom. The first-order valence-corrected chi connectivity index (χ1v) is 9.99. The summed E-state index contributed by atoms with van der Waals surface area (Å²) in [5, 5.41) is 0.967. The third-order valence-corrected chi connectivity index (χ3v) is 6.65. The van der Waals surface area contributed by atoms with Gasteiger partial charge in [0.2, 0.25) is 10.0 Å². The molecular weight excluding hydrogens is 335 g/mol. The number of aromatic nitrogens is 1. The predicted octanol–water partition coefficient (Wildman–Crippen LogP) is 2.99. The Labute approximate surface area is 139 Å². The third kappa shape index (κ3) is 3.79. The van der Waals surface area contributed by atoms with Crippen LogP contribution in [-0.4, -0.2) is 19.9 Å². The van der Waals surface area contributed by atoms with Gasteiger partial charge in [0.25, 0.3) is 0 Å². The minimum absolute atomic E-state index is 0.0426. The highest BCUT2D eigenvalue weighted by Gasteiger charge is 2.17. The Kier molecular flexibility index (Phi) is 4.79. The molecule has 1 aliphatic carbocycles. The molecule has 7 heteroatoms. The van der Waals surface area contributed by atoms with Crippen LogP contribution in [0.4, 0.5) is 4.39 Å². The number of hydrogen-bond acceptors (Lipinski definition) is 4. The zero-order valence-corrected chi connectivity index (χ0v) is 14.6. The van der Waals surface area contributed by atoms with Crippen LogP contribution in [0.15, 0.2) is 23.1 Å². The highest BCUT2D eigenvalue weighted by molar-refractivity contribution is 7.89. The van der Waals surface area contributed by atoms with Crippen LogP contribution in [0.5, 0.6) is 0 Å². The van der Waals surface area contributed by atoms with E-state index in [2.05, 4.69) is 9.71 Å². The van der Waals surface area contributed by atoms with E-state index < -0.39 is 15.8 Å². The molecule has 0 fully saturated rings. The van der Waals surface area contributed by atoms with E-state index >= 15 is 0 Å². The van der Waals surface area contributed by atoms with Crippen LogP contribution >= 0.6 is 11.3 Å². The van der Waals surface area contributed by atoms with Gasteiger partial charge in [0, 0.05) is 17.8 Å². The van der Waals surface area contributed by atoms with Gasteiger partial charge >= 0.3 is 0 Å². The molecule has 1 heterocycles. The minimum Gasteiger partial charge on any atom is -0.246 e. The van der Waals surface area contributed by atoms with Gasteiger partial charge < -0.3 is 0 Å². The summed E-state index contributed by atoms with van der Waals surface area (Å²) in [7, 11) is -3.68. The summed E-state index contributed by atoms with van der Waals surface area (Å²) in [6.45, 7) is 1.87. The summed E-state index contributed by atoms with van der Waals surface area (Å²) < 4.78 is 40.4. The molecule has 0 atom stereocenters. The van der Waals surface area contributed by atoms with Gasteiger partial charge in [-0.15, -0.1) is 11.3 Å². The number of sulfonamides is 1. The Bertz CT molecular complexity index is 792. The lowest BCUT2D eigenvalue weighted by molar-refractivity contribution is 0.576. The fraction of sp³-hybridized carbons (Fsp3) is 0.438. The van der Waals surface area contributed by atoms with Crippen LogP contribution in [0.2, 0.25) is 0 Å². The van der Waals surface area contributed by atoms with Crippen LogP contribution in [0.1, 0.15) is 34.0 Å². The first kappa shape index (κ1) is 16.5. The van der Waals surface area contributed by atoms with Crippen LogP contribution in [0, 0.1) is 12.7 Å². The molecule has 23 heavy (non-hydrogen) atoms. The van der Waals surface area contributed by atoms with Crippen molar-refractivity contribution in [2.75, 3.05) is 6.54 Å². The number of benzene rings is 1. The molecule has 1 aliphatic rings. The summed E-state index contributed by atoms with van der Waals surface area (Å²) in [4.78, 5) is 5.89. The maximum atomic E-state index is 13.5. The highest BCUT2D eigenvalue weighted by Crippen LogP contribution is 2.26. The van der Waals surface area contributed by atoms with Gasteiger partial charge in [-0.3, -0.25) is 0 Å². The Morgan fingerprint density at radius 2 is 2.09 bits per heavy atom. The zero-order valence-electron chi connectivity index (χ0n) is 12.9. The lowest BCUT2D eigenvalue weighted by Gasteiger charge is -2.07. The minimum atomic E-state index is -3.68. The zero-order chi connectivity index (χ0) is 16.4. The number of thiazole rings is 1. The molecule has 1 aromatic carbocycles. The van der Waals surface area contributed by atoms with Crippen molar-refractivity contribution in [3.05, 3.63) is 45.2 Å². The van der Waals surface area contributed by atoms with E-state index in [0.717, 1.165) is 23.9 Å². The number of aryl methyl sites for hydroxylation is 3. The second-order valence-electron chi connectivity index (χ2n) is 5.74. The fourth-order valence-electron chi connectivity index (χ4n) is 2.63. The standard InChI is InChI=1S/C16H19FN2O2S2/c1-11-6-7-12(10-13(11)17)23(20,21)18-9-8-16-19-14-4-2-3-5-15(14)22-16/h6-7,10,18H,2-5,8-9H2,1H3. The fourth-order valence-corrected chi connectivity index (χ4v) is 4.83. The van der Waals surface area contributed by atoms with Crippen LogP contribution in [-0.2, 0) is 29.3 Å². The van der Waals surface area contributed by atoms with Crippen molar-refractivity contribution < 1.29 is 12.8 Å². The summed E-state index contributed by atoms with van der Waals surface area (Å²) in [6.07, 6.45) is 5.06. The summed E-state index contributed by atoms with van der Waals surface area (Å²) in [5.74, 6) is -0.513. The molecule has 0 saturated heterocycles. The smallest absolute Gasteiger partial charge is 0.240 e. The van der Waals surface area contributed by atoms with E-state index in [1.165, 1.54) is 35.5 Å². The lowest BCUT2D eigenvalue weighted by atomic mass is 10.0. The normalized spacial score (nSPS) is 14.7. The second-order valence-corrected chi connectivity index (χ2v) is 8.68. The lowest BCUT2D eigenvalue weighted by Crippen LogP contribution is -2.26. The van der Waals surface area contributed by atoms with Crippen molar-refractivity contribution in [1.82, 2.24) is 9.71 Å². The van der Waals surface area contributed by atoms with Crippen LogP contribution in [0.25, 0.3) is 0 Å². The Morgan fingerprint density at radius 3 is 2.83 bits per heavy atom. The molecule has 0 bridgehead atoms. The predicted molar refractivity (Wildman–Crippen MR) is 88.8 cm³/mol. The van der Waals surface area contributed by atoms with Crippen molar-refractivity contribution >= 4 is 21.4 Å². The monoisotopic (exact) mass is 354 g/mol.